The van der Waals surface area contributed by atoms with E-state index >= 15 is 0 Å². The van der Waals surface area contributed by atoms with Crippen molar-refractivity contribution >= 4 is 46.1 Å². The number of imidazole rings is 1. The topological polar surface area (TPSA) is 67.2 Å². The number of carbonyl (C=O) groups excluding carboxylic acids is 2. The van der Waals surface area contributed by atoms with E-state index in [4.69, 9.17) is 11.6 Å². The summed E-state index contributed by atoms with van der Waals surface area (Å²) < 4.78 is 1.81. The van der Waals surface area contributed by atoms with Crippen LogP contribution < -0.4 is 10.2 Å². The summed E-state index contributed by atoms with van der Waals surface area (Å²) >= 11 is 6.01. The molecule has 0 atom stereocenters. The largest absolute Gasteiger partial charge is 0.313 e. The molecule has 0 aliphatic carbocycles. The Morgan fingerprint density at radius 3 is 2.67 bits per heavy atom. The summed E-state index contributed by atoms with van der Waals surface area (Å²) in [6.07, 6.45) is 2.53. The molecule has 7 heteroatoms. The number of carbonyl (C=O) groups is 2. The third-order valence-electron chi connectivity index (χ3n) is 4.83. The summed E-state index contributed by atoms with van der Waals surface area (Å²) in [6.45, 7) is 0.729. The third-order valence-corrected chi connectivity index (χ3v) is 5.07. The van der Waals surface area contributed by atoms with Crippen LogP contribution in [0.4, 0.5) is 11.6 Å². The normalized spacial score (nSPS) is 14.6. The van der Waals surface area contributed by atoms with Crippen molar-refractivity contribution in [2.45, 2.75) is 19.3 Å². The lowest BCUT2D eigenvalue weighted by Gasteiger charge is -2.26. The van der Waals surface area contributed by atoms with Crippen LogP contribution in [0.5, 0.6) is 0 Å². The van der Waals surface area contributed by atoms with Crippen LogP contribution in [-0.2, 0) is 11.8 Å². The zero-order valence-electron chi connectivity index (χ0n) is 14.9. The van der Waals surface area contributed by atoms with Gasteiger partial charge in [0.2, 0.25) is 11.9 Å². The molecule has 1 saturated heterocycles. The molecule has 27 heavy (non-hydrogen) atoms. The molecular formula is C20H19ClN4O2. The van der Waals surface area contributed by atoms with Crippen molar-refractivity contribution in [3.05, 3.63) is 53.1 Å². The molecule has 2 amide bonds. The highest BCUT2D eigenvalue weighted by molar-refractivity contribution is 6.31. The number of rotatable bonds is 3. The molecule has 2 heterocycles. The molecule has 1 N–H and O–H groups in total. The van der Waals surface area contributed by atoms with Crippen molar-refractivity contribution in [1.82, 2.24) is 9.55 Å². The fraction of sp³-hybridized carbons (Fsp3) is 0.250. The number of hydrogen-bond acceptors (Lipinski definition) is 3. The molecule has 0 radical (unpaired) electrons. The number of halogens is 1. The molecule has 0 bridgehead atoms. The number of fused-ring (bicyclic) bond motifs is 1. The lowest BCUT2D eigenvalue weighted by Crippen LogP contribution is -2.35. The van der Waals surface area contributed by atoms with Gasteiger partial charge in [0.25, 0.3) is 5.91 Å². The molecule has 0 unspecified atom stereocenters. The van der Waals surface area contributed by atoms with Gasteiger partial charge in [0.05, 0.1) is 11.0 Å². The Morgan fingerprint density at radius 2 is 1.93 bits per heavy atom. The highest BCUT2D eigenvalue weighted by Gasteiger charge is 2.20. The Bertz CT molecular complexity index is 1030. The zero-order valence-corrected chi connectivity index (χ0v) is 15.7. The van der Waals surface area contributed by atoms with Gasteiger partial charge in [-0.05, 0) is 55.3 Å². The number of piperidine rings is 1. The van der Waals surface area contributed by atoms with Crippen molar-refractivity contribution in [3.8, 4) is 0 Å². The van der Waals surface area contributed by atoms with Crippen molar-refractivity contribution < 1.29 is 9.59 Å². The maximum atomic E-state index is 12.6. The number of nitrogens with one attached hydrogen (secondary N) is 1. The highest BCUT2D eigenvalue weighted by atomic mass is 35.5. The average Bonchev–Trinajstić information content (AvgIpc) is 2.97. The fourth-order valence-electron chi connectivity index (χ4n) is 3.33. The summed E-state index contributed by atoms with van der Waals surface area (Å²) in [5.41, 5.74) is 2.94. The molecule has 138 valence electrons. The van der Waals surface area contributed by atoms with E-state index in [1.807, 2.05) is 29.8 Å². The maximum absolute atomic E-state index is 12.6. The maximum Gasteiger partial charge on any atom is 0.257 e. The first-order valence-corrected chi connectivity index (χ1v) is 9.24. The molecule has 4 rings (SSSR count). The molecule has 1 fully saturated rings. The minimum absolute atomic E-state index is 0.136. The van der Waals surface area contributed by atoms with E-state index in [-0.39, 0.29) is 11.8 Å². The number of nitrogens with zero attached hydrogens (tertiary/aromatic N) is 3. The van der Waals surface area contributed by atoms with Crippen molar-refractivity contribution in [2.24, 2.45) is 7.05 Å². The number of anilines is 2. The fourth-order valence-corrected chi connectivity index (χ4v) is 3.50. The highest BCUT2D eigenvalue weighted by Crippen LogP contribution is 2.24. The average molecular weight is 383 g/mol. The smallest absolute Gasteiger partial charge is 0.257 e. The van der Waals surface area contributed by atoms with Gasteiger partial charge in [-0.25, -0.2) is 4.98 Å². The van der Waals surface area contributed by atoms with Crippen molar-refractivity contribution in [3.63, 3.8) is 0 Å². The second-order valence-electron chi connectivity index (χ2n) is 6.63. The summed E-state index contributed by atoms with van der Waals surface area (Å²) in [7, 11) is 1.84. The standard InChI is InChI=1S/C20H19ClN4O2/c1-24-17-10-7-14(21)12-16(17)22-20(24)23-19(27)13-5-8-15(9-6-13)25-11-3-2-4-18(25)26/h5-10,12H,2-4,11H2,1H3,(H,22,23,27). The molecule has 0 saturated carbocycles. The van der Waals surface area contributed by atoms with Gasteiger partial charge in [0.1, 0.15) is 0 Å². The van der Waals surface area contributed by atoms with Gasteiger partial charge < -0.3 is 9.47 Å². The Kier molecular flexibility index (Phi) is 4.58. The van der Waals surface area contributed by atoms with Crippen LogP contribution >= 0.6 is 11.6 Å². The number of amides is 2. The van der Waals surface area contributed by atoms with Crippen LogP contribution in [0.25, 0.3) is 11.0 Å². The van der Waals surface area contributed by atoms with E-state index in [0.717, 1.165) is 36.1 Å². The molecule has 1 aromatic heterocycles. The van der Waals surface area contributed by atoms with Gasteiger partial charge in [0, 0.05) is 36.3 Å². The summed E-state index contributed by atoms with van der Waals surface area (Å²) in [4.78, 5) is 30.8. The molecule has 3 aromatic rings. The second-order valence-corrected chi connectivity index (χ2v) is 7.07. The van der Waals surface area contributed by atoms with Crippen molar-refractivity contribution in [1.29, 1.82) is 0 Å². The quantitative estimate of drug-likeness (QED) is 0.744. The lowest BCUT2D eigenvalue weighted by atomic mass is 10.1. The van der Waals surface area contributed by atoms with E-state index in [0.29, 0.717) is 23.0 Å². The minimum Gasteiger partial charge on any atom is -0.313 e. The first-order chi connectivity index (χ1) is 13.0. The van der Waals surface area contributed by atoms with Crippen LogP contribution in [0.15, 0.2) is 42.5 Å². The van der Waals surface area contributed by atoms with Gasteiger partial charge in [-0.15, -0.1) is 0 Å². The van der Waals surface area contributed by atoms with Crippen LogP contribution in [0.3, 0.4) is 0 Å². The molecule has 0 spiro atoms. The van der Waals surface area contributed by atoms with Crippen molar-refractivity contribution in [2.75, 3.05) is 16.8 Å². The SMILES string of the molecule is Cn1c(NC(=O)c2ccc(N3CCCCC3=O)cc2)nc2cc(Cl)ccc21. The monoisotopic (exact) mass is 382 g/mol. The van der Waals surface area contributed by atoms with E-state index in [1.165, 1.54) is 0 Å². The zero-order chi connectivity index (χ0) is 19.0. The second kappa shape index (κ2) is 7.04. The van der Waals surface area contributed by atoms with Gasteiger partial charge in [-0.3, -0.25) is 14.9 Å². The molecule has 1 aliphatic heterocycles. The Morgan fingerprint density at radius 1 is 1.15 bits per heavy atom. The first kappa shape index (κ1) is 17.5. The summed E-state index contributed by atoms with van der Waals surface area (Å²) in [6, 6.07) is 12.5. The third kappa shape index (κ3) is 3.40. The Hall–Kier alpha value is -2.86. The first-order valence-electron chi connectivity index (χ1n) is 8.87. The Labute approximate surface area is 161 Å². The van der Waals surface area contributed by atoms with Crippen LogP contribution in [0.1, 0.15) is 29.6 Å². The number of hydrogen-bond donors (Lipinski definition) is 1. The van der Waals surface area contributed by atoms with Gasteiger partial charge in [-0.1, -0.05) is 11.6 Å². The molecule has 1 aliphatic rings. The summed E-state index contributed by atoms with van der Waals surface area (Å²) in [5, 5.41) is 3.43. The molecular weight excluding hydrogens is 364 g/mol. The lowest BCUT2D eigenvalue weighted by molar-refractivity contribution is -0.119. The van der Waals surface area contributed by atoms with E-state index in [2.05, 4.69) is 10.3 Å². The van der Waals surface area contributed by atoms with Gasteiger partial charge >= 0.3 is 0 Å². The van der Waals surface area contributed by atoms with E-state index in [1.54, 1.807) is 29.2 Å². The van der Waals surface area contributed by atoms with Crippen LogP contribution in [0, 0.1) is 0 Å². The van der Waals surface area contributed by atoms with Crippen LogP contribution in [-0.4, -0.2) is 27.9 Å². The molecule has 6 nitrogen and oxygen atoms in total. The summed E-state index contributed by atoms with van der Waals surface area (Å²) in [5.74, 6) is 0.334. The van der Waals surface area contributed by atoms with E-state index < -0.39 is 0 Å². The van der Waals surface area contributed by atoms with Gasteiger partial charge in [0.15, 0.2) is 0 Å². The number of aromatic nitrogens is 2. The van der Waals surface area contributed by atoms with Crippen LogP contribution in [0.2, 0.25) is 5.02 Å². The molecule has 2 aromatic carbocycles. The Balaban J connectivity index is 1.53. The van der Waals surface area contributed by atoms with Gasteiger partial charge in [-0.2, -0.15) is 0 Å². The predicted octanol–water partition coefficient (Wildman–Crippen LogP) is 4.00. The predicted molar refractivity (Wildman–Crippen MR) is 106 cm³/mol. The number of benzene rings is 2. The number of aryl methyl sites for hydroxylation is 1. The van der Waals surface area contributed by atoms with E-state index in [9.17, 15) is 9.59 Å². The minimum atomic E-state index is -0.254.